The van der Waals surface area contributed by atoms with Gasteiger partial charge in [-0.25, -0.2) is 4.79 Å². The molecule has 0 bridgehead atoms. The lowest BCUT2D eigenvalue weighted by Crippen LogP contribution is -2.45. The van der Waals surface area contributed by atoms with E-state index in [0.29, 0.717) is 12.2 Å². The summed E-state index contributed by atoms with van der Waals surface area (Å²) >= 11 is 0. The molecule has 1 unspecified atom stereocenters. The number of hydrogen-bond acceptors (Lipinski definition) is 3. The van der Waals surface area contributed by atoms with E-state index >= 15 is 0 Å². The van der Waals surface area contributed by atoms with Gasteiger partial charge in [0.15, 0.2) is 0 Å². The largest absolute Gasteiger partial charge is 0.464 e. The van der Waals surface area contributed by atoms with Crippen molar-refractivity contribution in [1.82, 2.24) is 5.32 Å². The van der Waals surface area contributed by atoms with Crippen LogP contribution in [0, 0.1) is 12.8 Å². The standard InChI is InChI=1S/C27H45NO3/c1-5-6-7-8-9-10-11-12-13-14-15-16-20-31-27(30)25(22(2)3)28-26(29)24-19-17-18-23(4)21-24/h17-19,21-22,25H,5-16,20H2,1-4H3,(H,28,29). The number of benzene rings is 1. The van der Waals surface area contributed by atoms with Gasteiger partial charge in [-0.3, -0.25) is 4.79 Å². The summed E-state index contributed by atoms with van der Waals surface area (Å²) in [4.78, 5) is 25.0. The quantitative estimate of drug-likeness (QED) is 0.213. The highest BCUT2D eigenvalue weighted by Crippen LogP contribution is 2.13. The number of esters is 1. The first kappa shape index (κ1) is 27.2. The van der Waals surface area contributed by atoms with E-state index in [0.717, 1.165) is 18.4 Å². The summed E-state index contributed by atoms with van der Waals surface area (Å²) in [6.45, 7) is 8.48. The molecule has 0 aliphatic rings. The Balaban J connectivity index is 2.15. The highest BCUT2D eigenvalue weighted by molar-refractivity contribution is 5.97. The Labute approximate surface area is 190 Å². The van der Waals surface area contributed by atoms with E-state index in [-0.39, 0.29) is 17.8 Å². The summed E-state index contributed by atoms with van der Waals surface area (Å²) in [6, 6.07) is 6.76. The van der Waals surface area contributed by atoms with Crippen molar-refractivity contribution in [2.45, 2.75) is 111 Å². The lowest BCUT2D eigenvalue weighted by atomic mass is 10.0. The molecule has 176 valence electrons. The molecule has 0 saturated heterocycles. The number of carbonyl (C=O) groups is 2. The third-order valence-electron chi connectivity index (χ3n) is 5.73. The molecule has 1 amide bonds. The zero-order valence-corrected chi connectivity index (χ0v) is 20.4. The fourth-order valence-corrected chi connectivity index (χ4v) is 3.71. The summed E-state index contributed by atoms with van der Waals surface area (Å²) in [5.74, 6) is -0.591. The van der Waals surface area contributed by atoms with Crippen LogP contribution < -0.4 is 5.32 Å². The van der Waals surface area contributed by atoms with E-state index < -0.39 is 6.04 Å². The minimum absolute atomic E-state index is 0.0248. The summed E-state index contributed by atoms with van der Waals surface area (Å²) in [5.41, 5.74) is 1.59. The molecule has 0 fully saturated rings. The Morgan fingerprint density at radius 3 is 1.94 bits per heavy atom. The monoisotopic (exact) mass is 431 g/mol. The molecule has 0 radical (unpaired) electrons. The van der Waals surface area contributed by atoms with Crippen LogP contribution in [0.5, 0.6) is 0 Å². The third kappa shape index (κ3) is 12.6. The lowest BCUT2D eigenvalue weighted by Gasteiger charge is -2.21. The number of ether oxygens (including phenoxy) is 1. The predicted molar refractivity (Wildman–Crippen MR) is 129 cm³/mol. The number of amides is 1. The van der Waals surface area contributed by atoms with Gasteiger partial charge >= 0.3 is 5.97 Å². The fraction of sp³-hybridized carbons (Fsp3) is 0.704. The van der Waals surface area contributed by atoms with Crippen LogP contribution in [0.15, 0.2) is 24.3 Å². The van der Waals surface area contributed by atoms with Crippen LogP contribution in [0.4, 0.5) is 0 Å². The van der Waals surface area contributed by atoms with Crippen molar-refractivity contribution in [2.75, 3.05) is 6.61 Å². The van der Waals surface area contributed by atoms with Gasteiger partial charge in [-0.05, 0) is 31.4 Å². The molecule has 1 rings (SSSR count). The maximum absolute atomic E-state index is 12.5. The van der Waals surface area contributed by atoms with E-state index in [2.05, 4.69) is 12.2 Å². The lowest BCUT2D eigenvalue weighted by molar-refractivity contribution is -0.147. The summed E-state index contributed by atoms with van der Waals surface area (Å²) in [5, 5.41) is 2.84. The Bertz CT molecular complexity index is 627. The fourth-order valence-electron chi connectivity index (χ4n) is 3.71. The number of unbranched alkanes of at least 4 members (excludes halogenated alkanes) is 11. The number of carbonyl (C=O) groups excluding carboxylic acids is 2. The van der Waals surface area contributed by atoms with Crippen molar-refractivity contribution < 1.29 is 14.3 Å². The molecule has 0 saturated carbocycles. The van der Waals surface area contributed by atoms with Gasteiger partial charge in [0.1, 0.15) is 6.04 Å². The van der Waals surface area contributed by atoms with E-state index in [1.807, 2.05) is 39.0 Å². The van der Waals surface area contributed by atoms with Gasteiger partial charge in [-0.2, -0.15) is 0 Å². The first-order valence-corrected chi connectivity index (χ1v) is 12.5. The molecule has 4 heteroatoms. The van der Waals surface area contributed by atoms with Gasteiger partial charge in [0.05, 0.1) is 6.61 Å². The smallest absolute Gasteiger partial charge is 0.328 e. The zero-order valence-electron chi connectivity index (χ0n) is 20.4. The van der Waals surface area contributed by atoms with Crippen molar-refractivity contribution in [3.63, 3.8) is 0 Å². The zero-order chi connectivity index (χ0) is 22.9. The van der Waals surface area contributed by atoms with Gasteiger partial charge < -0.3 is 10.1 Å². The Morgan fingerprint density at radius 2 is 1.42 bits per heavy atom. The third-order valence-corrected chi connectivity index (χ3v) is 5.73. The Morgan fingerprint density at radius 1 is 0.871 bits per heavy atom. The topological polar surface area (TPSA) is 55.4 Å². The summed E-state index contributed by atoms with van der Waals surface area (Å²) in [7, 11) is 0. The molecular weight excluding hydrogens is 386 g/mol. The SMILES string of the molecule is CCCCCCCCCCCCCCOC(=O)C(NC(=O)c1cccc(C)c1)C(C)C. The second kappa shape index (κ2) is 16.8. The van der Waals surface area contributed by atoms with Crippen LogP contribution in [0.2, 0.25) is 0 Å². The van der Waals surface area contributed by atoms with Crippen LogP contribution >= 0.6 is 0 Å². The maximum Gasteiger partial charge on any atom is 0.328 e. The molecule has 4 nitrogen and oxygen atoms in total. The highest BCUT2D eigenvalue weighted by Gasteiger charge is 2.26. The molecule has 1 aromatic carbocycles. The van der Waals surface area contributed by atoms with E-state index in [4.69, 9.17) is 4.74 Å². The Hall–Kier alpha value is -1.84. The molecule has 0 heterocycles. The molecule has 1 aromatic rings. The van der Waals surface area contributed by atoms with Gasteiger partial charge in [0.2, 0.25) is 0 Å². The average Bonchev–Trinajstić information content (AvgIpc) is 2.74. The van der Waals surface area contributed by atoms with E-state index in [1.165, 1.54) is 64.2 Å². The van der Waals surface area contributed by atoms with Crippen LogP contribution in [0.3, 0.4) is 0 Å². The molecule has 0 spiro atoms. The maximum atomic E-state index is 12.5. The van der Waals surface area contributed by atoms with Crippen LogP contribution in [0.1, 0.15) is 114 Å². The first-order valence-electron chi connectivity index (χ1n) is 12.5. The number of rotatable bonds is 17. The van der Waals surface area contributed by atoms with Gasteiger partial charge in [0, 0.05) is 5.56 Å². The molecule has 0 aromatic heterocycles. The molecule has 1 N–H and O–H groups in total. The average molecular weight is 432 g/mol. The number of nitrogens with one attached hydrogen (secondary N) is 1. The van der Waals surface area contributed by atoms with Gasteiger partial charge in [-0.1, -0.05) is 109 Å². The van der Waals surface area contributed by atoms with Crippen molar-refractivity contribution in [3.8, 4) is 0 Å². The van der Waals surface area contributed by atoms with Crippen LogP contribution in [-0.4, -0.2) is 24.5 Å². The van der Waals surface area contributed by atoms with E-state index in [9.17, 15) is 9.59 Å². The van der Waals surface area contributed by atoms with Crippen molar-refractivity contribution in [3.05, 3.63) is 35.4 Å². The molecule has 0 aliphatic carbocycles. The second-order valence-corrected chi connectivity index (χ2v) is 9.12. The van der Waals surface area contributed by atoms with Crippen LogP contribution in [0.25, 0.3) is 0 Å². The highest BCUT2D eigenvalue weighted by atomic mass is 16.5. The normalized spacial score (nSPS) is 12.0. The molecule has 31 heavy (non-hydrogen) atoms. The number of aryl methyl sites for hydroxylation is 1. The molecule has 0 aliphatic heterocycles. The second-order valence-electron chi connectivity index (χ2n) is 9.12. The van der Waals surface area contributed by atoms with Crippen LogP contribution in [-0.2, 0) is 9.53 Å². The minimum Gasteiger partial charge on any atom is -0.464 e. The van der Waals surface area contributed by atoms with Crippen molar-refractivity contribution in [2.24, 2.45) is 5.92 Å². The summed E-state index contributed by atoms with van der Waals surface area (Å²) < 4.78 is 5.46. The predicted octanol–water partition coefficient (Wildman–Crippen LogP) is 6.99. The van der Waals surface area contributed by atoms with Gasteiger partial charge in [-0.15, -0.1) is 0 Å². The van der Waals surface area contributed by atoms with Gasteiger partial charge in [0.25, 0.3) is 5.91 Å². The van der Waals surface area contributed by atoms with Crippen molar-refractivity contribution in [1.29, 1.82) is 0 Å². The number of hydrogen-bond donors (Lipinski definition) is 1. The Kier molecular flexibility index (Phi) is 14.7. The molecular formula is C27H45NO3. The minimum atomic E-state index is -0.620. The van der Waals surface area contributed by atoms with Crippen molar-refractivity contribution >= 4 is 11.9 Å². The molecule has 1 atom stereocenters. The van der Waals surface area contributed by atoms with E-state index in [1.54, 1.807) is 6.07 Å². The first-order chi connectivity index (χ1) is 15.0. The summed E-state index contributed by atoms with van der Waals surface area (Å²) in [6.07, 6.45) is 15.3.